The van der Waals surface area contributed by atoms with Gasteiger partial charge < -0.3 is 15.9 Å². The van der Waals surface area contributed by atoms with Crippen LogP contribution in [0.2, 0.25) is 0 Å². The van der Waals surface area contributed by atoms with E-state index in [2.05, 4.69) is 0 Å². The third-order valence-electron chi connectivity index (χ3n) is 3.32. The first kappa shape index (κ1) is 14.5. The van der Waals surface area contributed by atoms with Gasteiger partial charge in [0.1, 0.15) is 11.8 Å². The Morgan fingerprint density at radius 3 is 2.28 bits per heavy atom. The second-order valence-corrected chi connectivity index (χ2v) is 4.50. The van der Waals surface area contributed by atoms with Crippen molar-refractivity contribution < 1.29 is 15.0 Å². The molecular formula is C14H21NO3. The molecule has 0 bridgehead atoms. The number of hydrogen-bond donors (Lipinski definition) is 3. The molecule has 0 aliphatic rings. The zero-order valence-electron chi connectivity index (χ0n) is 11.2. The fourth-order valence-electron chi connectivity index (χ4n) is 2.37. The van der Waals surface area contributed by atoms with E-state index in [0.717, 1.165) is 35.1 Å². The Bertz CT molecular complexity index is 455. The van der Waals surface area contributed by atoms with E-state index >= 15 is 0 Å². The Morgan fingerprint density at radius 2 is 1.83 bits per heavy atom. The number of hydrogen-bond acceptors (Lipinski definition) is 3. The summed E-state index contributed by atoms with van der Waals surface area (Å²) < 4.78 is 0. The fraction of sp³-hybridized carbons (Fsp3) is 0.500. The van der Waals surface area contributed by atoms with Crippen LogP contribution in [0.5, 0.6) is 5.75 Å². The lowest BCUT2D eigenvalue weighted by molar-refractivity contribution is -0.138. The van der Waals surface area contributed by atoms with Gasteiger partial charge in [-0.25, -0.2) is 0 Å². The van der Waals surface area contributed by atoms with Gasteiger partial charge in [0.05, 0.1) is 0 Å². The normalized spacial score (nSPS) is 12.4. The van der Waals surface area contributed by atoms with Crippen molar-refractivity contribution in [2.45, 2.75) is 46.1 Å². The third kappa shape index (κ3) is 2.82. The van der Waals surface area contributed by atoms with Crippen LogP contribution < -0.4 is 5.73 Å². The highest BCUT2D eigenvalue weighted by molar-refractivity contribution is 5.73. The molecule has 0 aliphatic carbocycles. The Labute approximate surface area is 107 Å². The molecule has 0 aliphatic heterocycles. The number of nitrogens with two attached hydrogens (primary N) is 1. The monoisotopic (exact) mass is 251 g/mol. The molecule has 1 aromatic carbocycles. The summed E-state index contributed by atoms with van der Waals surface area (Å²) in [6, 6.07) is 0.797. The van der Waals surface area contributed by atoms with E-state index < -0.39 is 12.0 Å². The number of aryl methyl sites for hydroxylation is 1. The van der Waals surface area contributed by atoms with Crippen molar-refractivity contribution in [3.8, 4) is 5.75 Å². The van der Waals surface area contributed by atoms with Crippen molar-refractivity contribution in [3.05, 3.63) is 28.3 Å². The Hall–Kier alpha value is -1.55. The van der Waals surface area contributed by atoms with Crippen LogP contribution >= 0.6 is 0 Å². The maximum Gasteiger partial charge on any atom is 0.320 e. The van der Waals surface area contributed by atoms with Gasteiger partial charge in [0.25, 0.3) is 0 Å². The average molecular weight is 251 g/mol. The van der Waals surface area contributed by atoms with Crippen molar-refractivity contribution in [2.75, 3.05) is 0 Å². The van der Waals surface area contributed by atoms with E-state index in [9.17, 15) is 9.90 Å². The Balaban J connectivity index is 3.29. The highest BCUT2D eigenvalue weighted by Crippen LogP contribution is 2.29. The van der Waals surface area contributed by atoms with Gasteiger partial charge in [-0.05, 0) is 54.5 Å². The highest BCUT2D eigenvalue weighted by atomic mass is 16.4. The molecule has 0 aromatic heterocycles. The molecule has 4 heteroatoms. The van der Waals surface area contributed by atoms with Crippen LogP contribution in [0.25, 0.3) is 0 Å². The van der Waals surface area contributed by atoms with E-state index in [1.165, 1.54) is 0 Å². The molecule has 1 rings (SSSR count). The predicted octanol–water partition coefficient (Wildman–Crippen LogP) is 1.78. The lowest BCUT2D eigenvalue weighted by atomic mass is 9.89. The maximum atomic E-state index is 10.9. The molecule has 0 radical (unpaired) electrons. The minimum atomic E-state index is -0.998. The highest BCUT2D eigenvalue weighted by Gasteiger charge is 2.19. The summed E-state index contributed by atoms with van der Waals surface area (Å²) in [5, 5.41) is 18.8. The zero-order chi connectivity index (χ0) is 13.9. The summed E-state index contributed by atoms with van der Waals surface area (Å²) in [5.74, 6) is -0.706. The van der Waals surface area contributed by atoms with E-state index in [-0.39, 0.29) is 0 Å². The molecule has 18 heavy (non-hydrogen) atoms. The van der Waals surface area contributed by atoms with E-state index in [1.54, 1.807) is 6.07 Å². The van der Waals surface area contributed by atoms with Crippen LogP contribution in [-0.2, 0) is 24.1 Å². The molecule has 0 heterocycles. The molecule has 0 unspecified atom stereocenters. The number of carbonyl (C=O) groups is 1. The lowest BCUT2D eigenvalue weighted by Gasteiger charge is -2.18. The number of phenolic OH excluding ortho intramolecular Hbond substituents is 1. The first-order chi connectivity index (χ1) is 8.42. The van der Waals surface area contributed by atoms with Crippen LogP contribution in [0.3, 0.4) is 0 Å². The number of carboxylic acid groups (broad SMARTS) is 1. The SMILES string of the molecule is CCc1c(O)cc(C)c(C[C@H](N)C(=O)O)c1CC. The summed E-state index contributed by atoms with van der Waals surface area (Å²) in [6.45, 7) is 5.86. The Morgan fingerprint density at radius 1 is 1.28 bits per heavy atom. The predicted molar refractivity (Wildman–Crippen MR) is 70.9 cm³/mol. The van der Waals surface area contributed by atoms with Crippen molar-refractivity contribution in [1.82, 2.24) is 0 Å². The number of rotatable bonds is 5. The van der Waals surface area contributed by atoms with Crippen molar-refractivity contribution in [1.29, 1.82) is 0 Å². The van der Waals surface area contributed by atoms with Gasteiger partial charge in [0.2, 0.25) is 0 Å². The molecule has 100 valence electrons. The average Bonchev–Trinajstić information content (AvgIpc) is 2.31. The Kier molecular flexibility index (Phi) is 4.73. The number of carboxylic acids is 1. The van der Waals surface area contributed by atoms with Gasteiger partial charge >= 0.3 is 5.97 Å². The van der Waals surface area contributed by atoms with Crippen molar-refractivity contribution in [3.63, 3.8) is 0 Å². The molecule has 4 N–H and O–H groups in total. The summed E-state index contributed by atoms with van der Waals surface area (Å²) in [4.78, 5) is 10.9. The minimum Gasteiger partial charge on any atom is -0.508 e. The van der Waals surface area contributed by atoms with E-state index in [4.69, 9.17) is 10.8 Å². The number of aliphatic carboxylic acids is 1. The molecule has 0 saturated carbocycles. The summed E-state index contributed by atoms with van der Waals surface area (Å²) in [6.07, 6.45) is 1.79. The maximum absolute atomic E-state index is 10.9. The van der Waals surface area contributed by atoms with E-state index in [0.29, 0.717) is 12.2 Å². The zero-order valence-corrected chi connectivity index (χ0v) is 11.2. The van der Waals surface area contributed by atoms with Crippen LogP contribution in [-0.4, -0.2) is 22.2 Å². The van der Waals surface area contributed by atoms with Crippen LogP contribution in [0.4, 0.5) is 0 Å². The van der Waals surface area contributed by atoms with Gasteiger partial charge in [-0.3, -0.25) is 4.79 Å². The third-order valence-corrected chi connectivity index (χ3v) is 3.32. The van der Waals surface area contributed by atoms with Crippen molar-refractivity contribution >= 4 is 5.97 Å². The van der Waals surface area contributed by atoms with Crippen LogP contribution in [0, 0.1) is 6.92 Å². The topological polar surface area (TPSA) is 83.5 Å². The summed E-state index contributed by atoms with van der Waals surface area (Å²) in [7, 11) is 0. The second-order valence-electron chi connectivity index (χ2n) is 4.50. The molecule has 1 atom stereocenters. The lowest BCUT2D eigenvalue weighted by Crippen LogP contribution is -2.33. The van der Waals surface area contributed by atoms with Crippen LogP contribution in [0.15, 0.2) is 6.07 Å². The molecule has 0 amide bonds. The van der Waals surface area contributed by atoms with Gasteiger partial charge in [-0.2, -0.15) is 0 Å². The van der Waals surface area contributed by atoms with E-state index in [1.807, 2.05) is 20.8 Å². The second kappa shape index (κ2) is 5.87. The molecule has 0 spiro atoms. The minimum absolute atomic E-state index is 0.291. The summed E-state index contributed by atoms with van der Waals surface area (Å²) in [5.41, 5.74) is 9.40. The van der Waals surface area contributed by atoms with Crippen LogP contribution in [0.1, 0.15) is 36.1 Å². The molecular weight excluding hydrogens is 230 g/mol. The van der Waals surface area contributed by atoms with Gasteiger partial charge in [-0.1, -0.05) is 13.8 Å². The quantitative estimate of drug-likeness (QED) is 0.745. The summed E-state index contributed by atoms with van der Waals surface area (Å²) >= 11 is 0. The number of aromatic hydroxyl groups is 1. The number of phenols is 1. The largest absolute Gasteiger partial charge is 0.508 e. The molecule has 1 aromatic rings. The first-order valence-electron chi connectivity index (χ1n) is 6.23. The first-order valence-corrected chi connectivity index (χ1v) is 6.23. The smallest absolute Gasteiger partial charge is 0.320 e. The van der Waals surface area contributed by atoms with Gasteiger partial charge in [0.15, 0.2) is 0 Å². The van der Waals surface area contributed by atoms with Gasteiger partial charge in [-0.15, -0.1) is 0 Å². The number of benzene rings is 1. The molecule has 4 nitrogen and oxygen atoms in total. The van der Waals surface area contributed by atoms with Gasteiger partial charge in [0, 0.05) is 0 Å². The standard InChI is InChI=1S/C14H21NO3/c1-4-9-10(5-2)13(16)6-8(3)11(9)7-12(15)14(17)18/h6,12,16H,4-5,7,15H2,1-3H3,(H,17,18)/t12-/m0/s1. The van der Waals surface area contributed by atoms with Crippen molar-refractivity contribution in [2.24, 2.45) is 5.73 Å². The fourth-order valence-corrected chi connectivity index (χ4v) is 2.37. The molecule has 0 fully saturated rings. The molecule has 0 saturated heterocycles.